The number of hydrogen-bond acceptors (Lipinski definition) is 3. The van der Waals surface area contributed by atoms with Crippen molar-refractivity contribution in [1.29, 1.82) is 0 Å². The number of aromatic nitrogens is 2. The van der Waals surface area contributed by atoms with Gasteiger partial charge in [-0.1, -0.05) is 6.42 Å². The van der Waals surface area contributed by atoms with Crippen LogP contribution in [0.5, 0.6) is 0 Å². The number of carbonyl (C=O) groups is 1. The number of ether oxygens (including phenoxy) is 1. The average molecular weight is 303 g/mol. The molecule has 1 aromatic rings. The highest BCUT2D eigenvalue weighted by molar-refractivity contribution is 5.94. The monoisotopic (exact) mass is 303 g/mol. The highest BCUT2D eigenvalue weighted by Crippen LogP contribution is 2.46. The Hall–Kier alpha value is -1.36. The molecule has 5 heteroatoms. The van der Waals surface area contributed by atoms with E-state index in [1.165, 1.54) is 30.5 Å². The second-order valence-electron chi connectivity index (χ2n) is 7.19. The lowest BCUT2D eigenvalue weighted by atomic mass is 9.76. The number of piperidine rings is 1. The summed E-state index contributed by atoms with van der Waals surface area (Å²) >= 11 is 0. The number of nitrogens with zero attached hydrogens (tertiary/aromatic N) is 2. The SMILES string of the molecule is CO[C@@H]1CCC[C@]12CCCN(C(=O)c1n[nH]c3c1CCC3)C2. The maximum atomic E-state index is 13.0. The zero-order valence-corrected chi connectivity index (χ0v) is 13.4. The zero-order chi connectivity index (χ0) is 15.2. The number of likely N-dealkylation sites (tertiary alicyclic amines) is 1. The minimum absolute atomic E-state index is 0.125. The van der Waals surface area contributed by atoms with Crippen LogP contribution in [-0.2, 0) is 17.6 Å². The molecule has 0 radical (unpaired) electrons. The van der Waals surface area contributed by atoms with E-state index in [4.69, 9.17) is 4.74 Å². The number of amides is 1. The lowest BCUT2D eigenvalue weighted by Crippen LogP contribution is -2.50. The number of methoxy groups -OCH3 is 1. The van der Waals surface area contributed by atoms with Gasteiger partial charge < -0.3 is 9.64 Å². The largest absolute Gasteiger partial charge is 0.381 e. The molecule has 1 saturated heterocycles. The van der Waals surface area contributed by atoms with E-state index in [0.29, 0.717) is 11.8 Å². The first-order valence-corrected chi connectivity index (χ1v) is 8.62. The van der Waals surface area contributed by atoms with Crippen LogP contribution in [-0.4, -0.2) is 47.3 Å². The summed E-state index contributed by atoms with van der Waals surface area (Å²) in [6, 6.07) is 0. The summed E-state index contributed by atoms with van der Waals surface area (Å²) in [5, 5.41) is 7.38. The predicted octanol–water partition coefficient (Wildman–Crippen LogP) is 2.32. The van der Waals surface area contributed by atoms with Crippen LogP contribution < -0.4 is 0 Å². The molecule has 0 unspecified atom stereocenters. The number of nitrogens with one attached hydrogen (secondary N) is 1. The molecule has 2 atom stereocenters. The number of fused-ring (bicyclic) bond motifs is 1. The topological polar surface area (TPSA) is 58.2 Å². The van der Waals surface area contributed by atoms with Crippen LogP contribution in [0.4, 0.5) is 0 Å². The predicted molar refractivity (Wildman–Crippen MR) is 82.8 cm³/mol. The Kier molecular flexibility index (Phi) is 3.48. The minimum atomic E-state index is 0.125. The standard InChI is InChI=1S/C17H25N3O2/c1-22-14-7-3-8-17(14)9-4-10-20(11-17)16(21)15-12-5-2-6-13(12)18-19-15/h14H,2-11H2,1H3,(H,18,19)/t14-,17-/m1/s1. The summed E-state index contributed by atoms with van der Waals surface area (Å²) in [4.78, 5) is 15.0. The second kappa shape index (κ2) is 5.37. The number of aromatic amines is 1. The molecule has 0 bridgehead atoms. The number of rotatable bonds is 2. The Balaban J connectivity index is 1.56. The van der Waals surface area contributed by atoms with Crippen molar-refractivity contribution in [3.63, 3.8) is 0 Å². The third-order valence-electron chi connectivity index (χ3n) is 6.01. The number of aryl methyl sites for hydroxylation is 1. The molecular formula is C17H25N3O2. The molecule has 1 aliphatic heterocycles. The van der Waals surface area contributed by atoms with Gasteiger partial charge in [-0.2, -0.15) is 5.10 Å². The van der Waals surface area contributed by atoms with Gasteiger partial charge in [-0.15, -0.1) is 0 Å². The molecular weight excluding hydrogens is 278 g/mol. The maximum Gasteiger partial charge on any atom is 0.274 e. The smallest absolute Gasteiger partial charge is 0.274 e. The van der Waals surface area contributed by atoms with E-state index in [2.05, 4.69) is 10.2 Å². The Labute approximate surface area is 131 Å². The summed E-state index contributed by atoms with van der Waals surface area (Å²) in [7, 11) is 1.82. The zero-order valence-electron chi connectivity index (χ0n) is 13.4. The van der Waals surface area contributed by atoms with Crippen LogP contribution in [0.2, 0.25) is 0 Å². The Morgan fingerprint density at radius 2 is 2.18 bits per heavy atom. The van der Waals surface area contributed by atoms with Gasteiger partial charge in [0.05, 0.1) is 6.10 Å². The molecule has 3 aliphatic rings. The third kappa shape index (κ3) is 2.09. The van der Waals surface area contributed by atoms with Gasteiger partial charge in [0.25, 0.3) is 5.91 Å². The lowest BCUT2D eigenvalue weighted by Gasteiger charge is -2.43. The van der Waals surface area contributed by atoms with Crippen molar-refractivity contribution in [3.8, 4) is 0 Å². The van der Waals surface area contributed by atoms with Gasteiger partial charge in [-0.25, -0.2) is 0 Å². The Morgan fingerprint density at radius 1 is 1.32 bits per heavy atom. The van der Waals surface area contributed by atoms with E-state index in [9.17, 15) is 4.79 Å². The molecule has 4 rings (SSSR count). The lowest BCUT2D eigenvalue weighted by molar-refractivity contribution is -0.0296. The second-order valence-corrected chi connectivity index (χ2v) is 7.19. The van der Waals surface area contributed by atoms with Crippen molar-refractivity contribution in [2.24, 2.45) is 5.41 Å². The van der Waals surface area contributed by atoms with Gasteiger partial charge in [0, 0.05) is 36.9 Å². The van der Waals surface area contributed by atoms with Crippen LogP contribution in [0.25, 0.3) is 0 Å². The molecule has 5 nitrogen and oxygen atoms in total. The average Bonchev–Trinajstić information content (AvgIpc) is 3.22. The van der Waals surface area contributed by atoms with E-state index < -0.39 is 0 Å². The van der Waals surface area contributed by atoms with Gasteiger partial charge >= 0.3 is 0 Å². The molecule has 0 aromatic carbocycles. The molecule has 1 spiro atoms. The first kappa shape index (κ1) is 14.2. The van der Waals surface area contributed by atoms with Crippen molar-refractivity contribution in [2.75, 3.05) is 20.2 Å². The molecule has 22 heavy (non-hydrogen) atoms. The summed E-state index contributed by atoms with van der Waals surface area (Å²) in [6.45, 7) is 1.70. The fourth-order valence-electron chi connectivity index (χ4n) is 4.92. The van der Waals surface area contributed by atoms with E-state index >= 15 is 0 Å². The third-order valence-corrected chi connectivity index (χ3v) is 6.01. The highest BCUT2D eigenvalue weighted by Gasteiger charge is 2.47. The molecule has 2 fully saturated rings. The van der Waals surface area contributed by atoms with Gasteiger partial charge in [0.1, 0.15) is 0 Å². The first-order valence-electron chi connectivity index (χ1n) is 8.62. The molecule has 1 N–H and O–H groups in total. The summed E-state index contributed by atoms with van der Waals surface area (Å²) in [5.41, 5.74) is 3.20. The van der Waals surface area contributed by atoms with Crippen molar-refractivity contribution in [3.05, 3.63) is 17.0 Å². The maximum absolute atomic E-state index is 13.0. The summed E-state index contributed by atoms with van der Waals surface area (Å²) < 4.78 is 5.74. The van der Waals surface area contributed by atoms with Crippen molar-refractivity contribution in [1.82, 2.24) is 15.1 Å². The van der Waals surface area contributed by atoms with Gasteiger partial charge in [-0.05, 0) is 44.9 Å². The quantitative estimate of drug-likeness (QED) is 0.912. The molecule has 2 heterocycles. The Morgan fingerprint density at radius 3 is 3.05 bits per heavy atom. The van der Waals surface area contributed by atoms with E-state index in [1.54, 1.807) is 0 Å². The van der Waals surface area contributed by atoms with Crippen LogP contribution in [0.3, 0.4) is 0 Å². The number of hydrogen-bond donors (Lipinski definition) is 1. The van der Waals surface area contributed by atoms with Gasteiger partial charge in [0.15, 0.2) is 5.69 Å². The minimum Gasteiger partial charge on any atom is -0.381 e. The van der Waals surface area contributed by atoms with Crippen LogP contribution in [0, 0.1) is 5.41 Å². The molecule has 120 valence electrons. The van der Waals surface area contributed by atoms with Gasteiger partial charge in [0.2, 0.25) is 0 Å². The molecule has 1 aromatic heterocycles. The molecule has 2 aliphatic carbocycles. The summed E-state index contributed by atoms with van der Waals surface area (Å²) in [5.74, 6) is 0.125. The fraction of sp³-hybridized carbons (Fsp3) is 0.765. The highest BCUT2D eigenvalue weighted by atomic mass is 16.5. The molecule has 1 saturated carbocycles. The summed E-state index contributed by atoms with van der Waals surface area (Å²) in [6.07, 6.45) is 9.29. The van der Waals surface area contributed by atoms with Crippen molar-refractivity contribution < 1.29 is 9.53 Å². The van der Waals surface area contributed by atoms with E-state index in [1.807, 2.05) is 12.0 Å². The van der Waals surface area contributed by atoms with Crippen LogP contribution >= 0.6 is 0 Å². The van der Waals surface area contributed by atoms with Crippen LogP contribution in [0.15, 0.2) is 0 Å². The van der Waals surface area contributed by atoms with E-state index in [0.717, 1.165) is 45.2 Å². The first-order chi connectivity index (χ1) is 10.7. The molecule has 1 amide bonds. The van der Waals surface area contributed by atoms with Crippen LogP contribution in [0.1, 0.15) is 60.3 Å². The van der Waals surface area contributed by atoms with E-state index in [-0.39, 0.29) is 11.3 Å². The number of H-pyrrole nitrogens is 1. The van der Waals surface area contributed by atoms with Crippen molar-refractivity contribution in [2.45, 2.75) is 57.5 Å². The number of carbonyl (C=O) groups excluding carboxylic acids is 1. The van der Waals surface area contributed by atoms with Crippen molar-refractivity contribution >= 4 is 5.91 Å². The Bertz CT molecular complexity index is 582. The fourth-order valence-corrected chi connectivity index (χ4v) is 4.92. The normalized spacial score (nSPS) is 31.0. The van der Waals surface area contributed by atoms with Gasteiger partial charge in [-0.3, -0.25) is 9.89 Å².